The first-order valence-corrected chi connectivity index (χ1v) is 8.63. The zero-order chi connectivity index (χ0) is 18.4. The number of nitrogens with one attached hydrogen (secondary N) is 2. The highest BCUT2D eigenvalue weighted by molar-refractivity contribution is 5.93. The number of benzene rings is 1. The van der Waals surface area contributed by atoms with Crippen molar-refractivity contribution in [3.8, 4) is 11.4 Å². The van der Waals surface area contributed by atoms with E-state index in [1.807, 2.05) is 49.6 Å². The molecule has 25 heavy (non-hydrogen) atoms. The van der Waals surface area contributed by atoms with Crippen molar-refractivity contribution in [1.82, 2.24) is 20.1 Å². The molecule has 0 saturated carbocycles. The second-order valence-corrected chi connectivity index (χ2v) is 6.46. The lowest BCUT2D eigenvalue weighted by molar-refractivity contribution is 0.00827. The molecule has 2 aromatic rings. The van der Waals surface area contributed by atoms with Gasteiger partial charge in [0.2, 0.25) is 0 Å². The zero-order valence-electron chi connectivity index (χ0n) is 15.3. The van der Waals surface area contributed by atoms with E-state index < -0.39 is 5.60 Å². The maximum atomic E-state index is 12.3. The number of hydrogen-bond donors (Lipinski definition) is 3. The summed E-state index contributed by atoms with van der Waals surface area (Å²) >= 11 is 0. The largest absolute Gasteiger partial charge is 0.388 e. The summed E-state index contributed by atoms with van der Waals surface area (Å²) < 4.78 is 1.91. The Balaban J connectivity index is 2.10. The molecule has 2 atom stereocenters. The summed E-state index contributed by atoms with van der Waals surface area (Å²) in [6.45, 7) is 8.64. The van der Waals surface area contributed by atoms with Crippen molar-refractivity contribution in [3.63, 3.8) is 0 Å². The van der Waals surface area contributed by atoms with Gasteiger partial charge in [-0.2, -0.15) is 0 Å². The molecule has 0 aliphatic heterocycles. The number of carbonyl (C=O) groups excluding carboxylic acids is 1. The van der Waals surface area contributed by atoms with Gasteiger partial charge in [0.15, 0.2) is 5.82 Å². The average molecular weight is 345 g/mol. The number of aryl methyl sites for hydroxylation is 1. The van der Waals surface area contributed by atoms with Crippen LogP contribution in [-0.4, -0.2) is 38.0 Å². The summed E-state index contributed by atoms with van der Waals surface area (Å²) in [5, 5.41) is 24.1. The van der Waals surface area contributed by atoms with Crippen LogP contribution in [0.4, 0.5) is 10.5 Å². The highest BCUT2D eigenvalue weighted by Gasteiger charge is 2.27. The van der Waals surface area contributed by atoms with Crippen LogP contribution in [0.15, 0.2) is 30.6 Å². The third kappa shape index (κ3) is 4.57. The van der Waals surface area contributed by atoms with Crippen LogP contribution in [0.25, 0.3) is 11.4 Å². The van der Waals surface area contributed by atoms with Gasteiger partial charge in [0, 0.05) is 18.7 Å². The second kappa shape index (κ2) is 8.11. The Kier molecular flexibility index (Phi) is 6.14. The van der Waals surface area contributed by atoms with E-state index >= 15 is 0 Å². The van der Waals surface area contributed by atoms with Crippen LogP contribution < -0.4 is 10.6 Å². The van der Waals surface area contributed by atoms with E-state index in [-0.39, 0.29) is 18.5 Å². The molecule has 0 aliphatic rings. The van der Waals surface area contributed by atoms with Gasteiger partial charge in [-0.3, -0.25) is 0 Å². The summed E-state index contributed by atoms with van der Waals surface area (Å²) in [5.41, 5.74) is 0.491. The predicted octanol–water partition coefficient (Wildman–Crippen LogP) is 2.88. The minimum Gasteiger partial charge on any atom is -0.388 e. The molecule has 7 heteroatoms. The summed E-state index contributed by atoms with van der Waals surface area (Å²) in [7, 11) is 0. The molecule has 0 fully saturated rings. The van der Waals surface area contributed by atoms with Crippen molar-refractivity contribution in [2.75, 3.05) is 11.9 Å². The third-order valence-electron chi connectivity index (χ3n) is 4.65. The molecule has 0 aliphatic carbocycles. The number of aliphatic hydroxyl groups is 1. The molecule has 7 nitrogen and oxygen atoms in total. The number of hydrogen-bond acceptors (Lipinski definition) is 4. The van der Waals surface area contributed by atoms with Crippen LogP contribution in [0.1, 0.15) is 34.1 Å². The van der Waals surface area contributed by atoms with Gasteiger partial charge in [-0.25, -0.2) is 4.79 Å². The SMILES string of the molecule is CCC(C)C(C)(O)CNC(=O)Nc1ccccc1-c1nncn1CC. The number of anilines is 1. The second-order valence-electron chi connectivity index (χ2n) is 6.46. The molecule has 0 saturated heterocycles. The van der Waals surface area contributed by atoms with Gasteiger partial charge in [0.05, 0.1) is 11.3 Å². The molecule has 2 rings (SSSR count). The first-order valence-electron chi connectivity index (χ1n) is 8.63. The van der Waals surface area contributed by atoms with E-state index in [2.05, 4.69) is 20.8 Å². The van der Waals surface area contributed by atoms with E-state index in [0.717, 1.165) is 18.5 Å². The number of carbonyl (C=O) groups is 1. The molecule has 0 spiro atoms. The molecular formula is C18H27N5O2. The molecule has 1 aromatic carbocycles. The Morgan fingerprint density at radius 3 is 2.76 bits per heavy atom. The smallest absolute Gasteiger partial charge is 0.319 e. The highest BCUT2D eigenvalue weighted by Crippen LogP contribution is 2.26. The minimum atomic E-state index is -0.950. The monoisotopic (exact) mass is 345 g/mol. The third-order valence-corrected chi connectivity index (χ3v) is 4.65. The van der Waals surface area contributed by atoms with Crippen molar-refractivity contribution in [2.45, 2.75) is 46.3 Å². The lowest BCUT2D eigenvalue weighted by Gasteiger charge is -2.29. The Labute approximate surface area is 148 Å². The van der Waals surface area contributed by atoms with E-state index in [9.17, 15) is 9.90 Å². The quantitative estimate of drug-likeness (QED) is 0.719. The number of urea groups is 1. The first kappa shape index (κ1) is 18.9. The van der Waals surface area contributed by atoms with Crippen LogP contribution in [0.2, 0.25) is 0 Å². The Hall–Kier alpha value is -2.41. The van der Waals surface area contributed by atoms with E-state index in [4.69, 9.17) is 0 Å². The summed E-state index contributed by atoms with van der Waals surface area (Å²) in [5.74, 6) is 0.785. The van der Waals surface area contributed by atoms with Gasteiger partial charge < -0.3 is 20.3 Å². The fourth-order valence-corrected chi connectivity index (χ4v) is 2.52. The van der Waals surface area contributed by atoms with Crippen LogP contribution in [0.3, 0.4) is 0 Å². The standard InChI is InChI=1S/C18H27N5O2/c1-5-13(3)18(4,25)11-19-17(24)21-15-10-8-7-9-14(15)16-22-20-12-23(16)6-2/h7-10,12-13,25H,5-6,11H2,1-4H3,(H2,19,21,24). The van der Waals surface area contributed by atoms with Crippen LogP contribution in [0.5, 0.6) is 0 Å². The molecule has 1 heterocycles. The Morgan fingerprint density at radius 1 is 1.36 bits per heavy atom. The molecular weight excluding hydrogens is 318 g/mol. The lowest BCUT2D eigenvalue weighted by Crippen LogP contribution is -2.46. The van der Waals surface area contributed by atoms with Gasteiger partial charge in [-0.1, -0.05) is 32.4 Å². The molecule has 2 unspecified atom stereocenters. The maximum Gasteiger partial charge on any atom is 0.319 e. The fraction of sp³-hybridized carbons (Fsp3) is 0.500. The van der Waals surface area contributed by atoms with Crippen LogP contribution >= 0.6 is 0 Å². The molecule has 0 radical (unpaired) electrons. The topological polar surface area (TPSA) is 92.1 Å². The van der Waals surface area contributed by atoms with E-state index in [1.54, 1.807) is 13.3 Å². The fourth-order valence-electron chi connectivity index (χ4n) is 2.52. The summed E-state index contributed by atoms with van der Waals surface area (Å²) in [6, 6.07) is 7.08. The number of nitrogens with zero attached hydrogens (tertiary/aromatic N) is 3. The summed E-state index contributed by atoms with van der Waals surface area (Å²) in [6.07, 6.45) is 2.50. The lowest BCUT2D eigenvalue weighted by atomic mass is 9.89. The van der Waals surface area contributed by atoms with Crippen LogP contribution in [0, 0.1) is 5.92 Å². The van der Waals surface area contributed by atoms with Crippen molar-refractivity contribution in [2.24, 2.45) is 5.92 Å². The van der Waals surface area contributed by atoms with Gasteiger partial charge in [-0.15, -0.1) is 10.2 Å². The molecule has 136 valence electrons. The van der Waals surface area contributed by atoms with E-state index in [0.29, 0.717) is 11.5 Å². The van der Waals surface area contributed by atoms with Crippen molar-refractivity contribution in [1.29, 1.82) is 0 Å². The van der Waals surface area contributed by atoms with Gasteiger partial charge in [-0.05, 0) is 31.9 Å². The van der Waals surface area contributed by atoms with Gasteiger partial charge in [0.25, 0.3) is 0 Å². The summed E-state index contributed by atoms with van der Waals surface area (Å²) in [4.78, 5) is 12.3. The maximum absolute atomic E-state index is 12.3. The molecule has 2 amide bonds. The average Bonchev–Trinajstić information content (AvgIpc) is 3.08. The molecule has 0 bridgehead atoms. The first-order chi connectivity index (χ1) is 11.9. The van der Waals surface area contributed by atoms with Gasteiger partial charge >= 0.3 is 6.03 Å². The number of aromatic nitrogens is 3. The normalized spacial score (nSPS) is 14.6. The van der Waals surface area contributed by atoms with Crippen molar-refractivity contribution < 1.29 is 9.90 Å². The Bertz CT molecular complexity index is 711. The number of amides is 2. The highest BCUT2D eigenvalue weighted by atomic mass is 16.3. The number of rotatable bonds is 7. The van der Waals surface area contributed by atoms with Crippen molar-refractivity contribution in [3.05, 3.63) is 30.6 Å². The van der Waals surface area contributed by atoms with Crippen LogP contribution in [-0.2, 0) is 6.54 Å². The predicted molar refractivity (Wildman–Crippen MR) is 98.2 cm³/mol. The zero-order valence-corrected chi connectivity index (χ0v) is 15.3. The van der Waals surface area contributed by atoms with E-state index in [1.165, 1.54) is 0 Å². The molecule has 1 aromatic heterocycles. The van der Waals surface area contributed by atoms with Crippen molar-refractivity contribution >= 4 is 11.7 Å². The minimum absolute atomic E-state index is 0.0863. The number of para-hydroxylation sites is 1. The molecule has 3 N–H and O–H groups in total. The van der Waals surface area contributed by atoms with Gasteiger partial charge in [0.1, 0.15) is 6.33 Å². The Morgan fingerprint density at radius 2 is 2.08 bits per heavy atom.